The number of rotatable bonds is 6. The van der Waals surface area contributed by atoms with E-state index in [2.05, 4.69) is 18.2 Å². The average molecular weight is 388 g/mol. The number of hydrogen-bond acceptors (Lipinski definition) is 6. The highest BCUT2D eigenvalue weighted by atomic mass is 32.1. The van der Waals surface area contributed by atoms with Gasteiger partial charge >= 0.3 is 7.32 Å². The summed E-state index contributed by atoms with van der Waals surface area (Å²) in [7, 11) is -1.17. The Morgan fingerprint density at radius 1 is 0.741 bits per heavy atom. The van der Waals surface area contributed by atoms with Gasteiger partial charge in [-0.15, -0.1) is 11.3 Å². The Morgan fingerprint density at radius 2 is 1.33 bits per heavy atom. The van der Waals surface area contributed by atoms with Crippen LogP contribution in [0, 0.1) is 0 Å². The Balaban J connectivity index is 1.87. The zero-order chi connectivity index (χ0) is 19.7. The average Bonchev–Trinajstić information content (AvgIpc) is 2.95. The van der Waals surface area contributed by atoms with Crippen LogP contribution in [-0.2, 0) is 19.4 Å². The van der Waals surface area contributed by atoms with Gasteiger partial charge < -0.3 is 4.65 Å². The third kappa shape index (κ3) is 5.43. The van der Waals surface area contributed by atoms with E-state index < -0.39 is 18.5 Å². The predicted octanol–water partition coefficient (Wildman–Crippen LogP) is 5.91. The van der Waals surface area contributed by atoms with Crippen LogP contribution in [-0.4, -0.2) is 18.5 Å². The van der Waals surface area contributed by atoms with Crippen LogP contribution < -0.4 is 4.65 Å². The van der Waals surface area contributed by atoms with Gasteiger partial charge in [0.15, 0.2) is 0 Å². The zero-order valence-corrected chi connectivity index (χ0v) is 17.4. The molecule has 0 aliphatic heterocycles. The standard InChI is InChI=1S/C20H25BO5S/c1-19(2,3)23-25-21(26-24-20(4,5)6)22-16-12-9-11-15-14-10-7-8-13-17(14)27-18(15)16/h7-13H,1-6H3. The zero-order valence-electron chi connectivity index (χ0n) is 16.6. The minimum Gasteiger partial charge on any atom is -0.508 e. The first kappa shape index (κ1) is 20.1. The van der Waals surface area contributed by atoms with Crippen molar-refractivity contribution >= 4 is 38.8 Å². The molecule has 0 aliphatic carbocycles. The smallest absolute Gasteiger partial charge is 0.508 e. The molecule has 0 spiro atoms. The lowest BCUT2D eigenvalue weighted by molar-refractivity contribution is -0.350. The maximum absolute atomic E-state index is 5.96. The molecule has 0 amide bonds. The van der Waals surface area contributed by atoms with E-state index in [9.17, 15) is 0 Å². The van der Waals surface area contributed by atoms with Gasteiger partial charge in [0.2, 0.25) is 0 Å². The van der Waals surface area contributed by atoms with Crippen molar-refractivity contribution in [3.63, 3.8) is 0 Å². The molecule has 0 bridgehead atoms. The lowest BCUT2D eigenvalue weighted by Gasteiger charge is -2.23. The highest BCUT2D eigenvalue weighted by molar-refractivity contribution is 7.26. The van der Waals surface area contributed by atoms with E-state index >= 15 is 0 Å². The molecule has 2 aromatic carbocycles. The molecular formula is C20H25BO5S. The van der Waals surface area contributed by atoms with Crippen molar-refractivity contribution in [3.8, 4) is 5.75 Å². The molecule has 0 atom stereocenters. The van der Waals surface area contributed by atoms with Crippen LogP contribution in [0.25, 0.3) is 20.2 Å². The van der Waals surface area contributed by atoms with Crippen LogP contribution in [0.5, 0.6) is 5.75 Å². The van der Waals surface area contributed by atoms with Crippen molar-refractivity contribution in [2.75, 3.05) is 0 Å². The fourth-order valence-corrected chi connectivity index (χ4v) is 3.50. The molecule has 0 radical (unpaired) electrons. The summed E-state index contributed by atoms with van der Waals surface area (Å²) in [5.74, 6) is 0.647. The largest absolute Gasteiger partial charge is 0.770 e. The van der Waals surface area contributed by atoms with Crippen molar-refractivity contribution in [2.45, 2.75) is 52.7 Å². The van der Waals surface area contributed by atoms with Crippen LogP contribution in [0.15, 0.2) is 42.5 Å². The highest BCUT2D eigenvalue weighted by Gasteiger charge is 2.33. The van der Waals surface area contributed by atoms with E-state index in [0.717, 1.165) is 10.1 Å². The molecule has 0 fully saturated rings. The first-order valence-electron chi connectivity index (χ1n) is 8.88. The molecule has 1 heterocycles. The molecule has 0 aliphatic rings. The minimum atomic E-state index is -1.17. The van der Waals surface area contributed by atoms with Crippen LogP contribution in [0.1, 0.15) is 41.5 Å². The Hall–Kier alpha value is -1.64. The summed E-state index contributed by atoms with van der Waals surface area (Å²) < 4.78 is 8.17. The second-order valence-electron chi connectivity index (χ2n) is 8.22. The molecule has 0 N–H and O–H groups in total. The second kappa shape index (κ2) is 7.77. The third-order valence-corrected chi connectivity index (χ3v) is 4.55. The van der Waals surface area contributed by atoms with Crippen LogP contribution in [0.3, 0.4) is 0 Å². The summed E-state index contributed by atoms with van der Waals surface area (Å²) in [6, 6.07) is 14.2. The summed E-state index contributed by atoms with van der Waals surface area (Å²) in [5.41, 5.74) is -1.04. The van der Waals surface area contributed by atoms with Gasteiger partial charge in [-0.3, -0.25) is 0 Å². The number of thiophene rings is 1. The van der Waals surface area contributed by atoms with E-state index in [1.165, 1.54) is 10.1 Å². The Kier molecular flexibility index (Phi) is 5.79. The number of benzene rings is 2. The van der Waals surface area contributed by atoms with Crippen molar-refractivity contribution in [2.24, 2.45) is 0 Å². The van der Waals surface area contributed by atoms with Gasteiger partial charge in [0.25, 0.3) is 0 Å². The van der Waals surface area contributed by atoms with Crippen molar-refractivity contribution < 1.29 is 24.0 Å². The maximum atomic E-state index is 5.96. The van der Waals surface area contributed by atoms with Crippen LogP contribution in [0.4, 0.5) is 0 Å². The van der Waals surface area contributed by atoms with Crippen LogP contribution >= 0.6 is 11.3 Å². The van der Waals surface area contributed by atoms with E-state index in [0.29, 0.717) is 5.75 Å². The molecule has 144 valence electrons. The molecule has 0 saturated carbocycles. The summed E-state index contributed by atoms with van der Waals surface area (Å²) in [6.07, 6.45) is 0. The summed E-state index contributed by atoms with van der Waals surface area (Å²) in [6.45, 7) is 11.3. The first-order valence-corrected chi connectivity index (χ1v) is 9.70. The summed E-state index contributed by atoms with van der Waals surface area (Å²) in [4.78, 5) is 21.5. The predicted molar refractivity (Wildman–Crippen MR) is 110 cm³/mol. The van der Waals surface area contributed by atoms with Gasteiger partial charge in [-0.05, 0) is 53.7 Å². The summed E-state index contributed by atoms with van der Waals surface area (Å²) >= 11 is 1.66. The maximum Gasteiger partial charge on any atom is 0.770 e. The van der Waals surface area contributed by atoms with Gasteiger partial charge in [0.1, 0.15) is 5.75 Å². The molecule has 5 nitrogen and oxygen atoms in total. The lowest BCUT2D eigenvalue weighted by Crippen LogP contribution is -2.37. The molecular weight excluding hydrogens is 363 g/mol. The highest BCUT2D eigenvalue weighted by Crippen LogP contribution is 2.39. The Labute approximate surface area is 164 Å². The van der Waals surface area contributed by atoms with Gasteiger partial charge in [-0.1, -0.05) is 30.3 Å². The van der Waals surface area contributed by atoms with E-state index in [1.807, 2.05) is 65.8 Å². The summed E-state index contributed by atoms with van der Waals surface area (Å²) in [5, 5.41) is 2.32. The van der Waals surface area contributed by atoms with Gasteiger partial charge in [0.05, 0.1) is 15.9 Å². The molecule has 1 aromatic heterocycles. The fourth-order valence-electron chi connectivity index (χ4n) is 2.34. The molecule has 0 unspecified atom stereocenters. The first-order chi connectivity index (χ1) is 12.6. The number of hydrogen-bond donors (Lipinski definition) is 0. The van der Waals surface area contributed by atoms with Crippen molar-refractivity contribution in [3.05, 3.63) is 42.5 Å². The van der Waals surface area contributed by atoms with Gasteiger partial charge in [0, 0.05) is 15.5 Å². The van der Waals surface area contributed by atoms with E-state index in [-0.39, 0.29) is 0 Å². The Bertz CT molecular complexity index is 892. The molecule has 7 heteroatoms. The quantitative estimate of drug-likeness (QED) is 0.298. The molecule has 0 saturated heterocycles. The lowest BCUT2D eigenvalue weighted by atomic mass is 10.1. The molecule has 3 aromatic rings. The normalized spacial score (nSPS) is 12.7. The van der Waals surface area contributed by atoms with Crippen LogP contribution in [0.2, 0.25) is 0 Å². The minimum absolute atomic E-state index is 0.518. The SMILES string of the molecule is CC(C)(C)OOB(OOC(C)(C)C)Oc1cccc2c1sc1ccccc12. The number of fused-ring (bicyclic) bond motifs is 3. The van der Waals surface area contributed by atoms with E-state index in [4.69, 9.17) is 24.0 Å². The van der Waals surface area contributed by atoms with Crippen molar-refractivity contribution in [1.29, 1.82) is 0 Å². The molecule has 27 heavy (non-hydrogen) atoms. The Morgan fingerprint density at radius 3 is 1.96 bits per heavy atom. The van der Waals surface area contributed by atoms with E-state index in [1.54, 1.807) is 11.3 Å². The second-order valence-corrected chi connectivity index (χ2v) is 9.27. The fraction of sp³-hybridized carbons (Fsp3) is 0.400. The molecule has 3 rings (SSSR count). The topological polar surface area (TPSA) is 46.2 Å². The monoisotopic (exact) mass is 388 g/mol. The third-order valence-electron chi connectivity index (χ3n) is 3.34. The van der Waals surface area contributed by atoms with Gasteiger partial charge in [-0.2, -0.15) is 0 Å². The van der Waals surface area contributed by atoms with Crippen molar-refractivity contribution in [1.82, 2.24) is 0 Å². The van der Waals surface area contributed by atoms with Gasteiger partial charge in [-0.25, -0.2) is 19.4 Å².